The smallest absolute Gasteiger partial charge is 0.150 e. The first kappa shape index (κ1) is 14.3. The van der Waals surface area contributed by atoms with E-state index < -0.39 is 0 Å². The second-order valence-corrected chi connectivity index (χ2v) is 4.96. The summed E-state index contributed by atoms with van der Waals surface area (Å²) < 4.78 is 0. The second kappa shape index (κ2) is 7.44. The molecule has 0 aliphatic rings. The van der Waals surface area contributed by atoms with Gasteiger partial charge in [-0.15, -0.1) is 0 Å². The van der Waals surface area contributed by atoms with Crippen LogP contribution in [0.1, 0.15) is 46.8 Å². The van der Waals surface area contributed by atoms with Crippen LogP contribution in [0.15, 0.2) is 48.5 Å². The molecule has 0 fully saturated rings. The Morgan fingerprint density at radius 3 is 1.80 bits per heavy atom. The van der Waals surface area contributed by atoms with Crippen molar-refractivity contribution in [2.75, 3.05) is 0 Å². The highest BCUT2D eigenvalue weighted by Gasteiger charge is 1.93. The lowest BCUT2D eigenvalue weighted by Crippen LogP contribution is -1.84. The highest BCUT2D eigenvalue weighted by atomic mass is 16.1. The fraction of sp³-hybridized carbons (Fsp3) is 0.211. The molecule has 0 aliphatic carbocycles. The second-order valence-electron chi connectivity index (χ2n) is 4.96. The molecular weight excluding hydrogens is 244 g/mol. The first-order chi connectivity index (χ1) is 9.81. The Bertz CT molecular complexity index is 562. The third-order valence-corrected chi connectivity index (χ3v) is 3.34. The van der Waals surface area contributed by atoms with Gasteiger partial charge in [0.2, 0.25) is 0 Å². The zero-order valence-corrected chi connectivity index (χ0v) is 11.9. The minimum absolute atomic E-state index is 0.711. The van der Waals surface area contributed by atoms with Crippen LogP contribution >= 0.6 is 0 Å². The van der Waals surface area contributed by atoms with E-state index in [2.05, 4.69) is 43.3 Å². The molecule has 20 heavy (non-hydrogen) atoms. The molecule has 0 unspecified atom stereocenters. The SMILES string of the molecule is CCCCc1ccc(C=Cc2ccc(C=O)cc2)cc1. The molecule has 0 saturated carbocycles. The van der Waals surface area contributed by atoms with E-state index in [1.54, 1.807) is 0 Å². The van der Waals surface area contributed by atoms with Gasteiger partial charge in [-0.05, 0) is 29.5 Å². The van der Waals surface area contributed by atoms with Crippen LogP contribution in [0.25, 0.3) is 12.2 Å². The molecule has 2 aromatic carbocycles. The van der Waals surface area contributed by atoms with Crippen molar-refractivity contribution < 1.29 is 4.79 Å². The fourth-order valence-corrected chi connectivity index (χ4v) is 2.05. The number of carbonyl (C=O) groups excluding carboxylic acids is 1. The summed E-state index contributed by atoms with van der Waals surface area (Å²) in [7, 11) is 0. The molecular formula is C19H20O. The summed E-state index contributed by atoms with van der Waals surface area (Å²) >= 11 is 0. The van der Waals surface area contributed by atoms with Gasteiger partial charge in [-0.25, -0.2) is 0 Å². The largest absolute Gasteiger partial charge is 0.298 e. The Morgan fingerprint density at radius 2 is 1.30 bits per heavy atom. The van der Waals surface area contributed by atoms with Crippen LogP contribution in [0, 0.1) is 0 Å². The topological polar surface area (TPSA) is 17.1 Å². The van der Waals surface area contributed by atoms with E-state index in [4.69, 9.17) is 0 Å². The number of hydrogen-bond acceptors (Lipinski definition) is 1. The molecule has 0 radical (unpaired) electrons. The average Bonchev–Trinajstić information content (AvgIpc) is 2.52. The number of carbonyl (C=O) groups is 1. The van der Waals surface area contributed by atoms with Crippen molar-refractivity contribution in [2.24, 2.45) is 0 Å². The number of hydrogen-bond donors (Lipinski definition) is 0. The first-order valence-corrected chi connectivity index (χ1v) is 7.14. The molecule has 2 rings (SSSR count). The van der Waals surface area contributed by atoms with E-state index in [0.29, 0.717) is 5.56 Å². The van der Waals surface area contributed by atoms with E-state index in [1.807, 2.05) is 24.3 Å². The van der Waals surface area contributed by atoms with Crippen molar-refractivity contribution in [1.29, 1.82) is 0 Å². The van der Waals surface area contributed by atoms with Gasteiger partial charge in [0.25, 0.3) is 0 Å². The van der Waals surface area contributed by atoms with E-state index in [-0.39, 0.29) is 0 Å². The predicted molar refractivity (Wildman–Crippen MR) is 85.8 cm³/mol. The lowest BCUT2D eigenvalue weighted by Gasteiger charge is -2.00. The molecule has 0 aromatic heterocycles. The van der Waals surface area contributed by atoms with Crippen LogP contribution in [0.5, 0.6) is 0 Å². The van der Waals surface area contributed by atoms with Gasteiger partial charge >= 0.3 is 0 Å². The van der Waals surface area contributed by atoms with Gasteiger partial charge < -0.3 is 0 Å². The third kappa shape index (κ3) is 4.20. The summed E-state index contributed by atoms with van der Waals surface area (Å²) in [6.07, 6.45) is 8.67. The maximum Gasteiger partial charge on any atom is 0.150 e. The maximum absolute atomic E-state index is 10.6. The van der Waals surface area contributed by atoms with Gasteiger partial charge in [0, 0.05) is 5.56 Å². The molecule has 0 spiro atoms. The Morgan fingerprint density at radius 1 is 0.800 bits per heavy atom. The van der Waals surface area contributed by atoms with Crippen LogP contribution < -0.4 is 0 Å². The summed E-state index contributed by atoms with van der Waals surface area (Å²) in [5.74, 6) is 0. The Balaban J connectivity index is 2.01. The van der Waals surface area contributed by atoms with Crippen molar-refractivity contribution >= 4 is 18.4 Å². The lowest BCUT2D eigenvalue weighted by molar-refractivity contribution is 0.112. The zero-order valence-electron chi connectivity index (χ0n) is 11.9. The Hall–Kier alpha value is -2.15. The highest BCUT2D eigenvalue weighted by molar-refractivity contribution is 5.76. The van der Waals surface area contributed by atoms with E-state index in [1.165, 1.54) is 24.0 Å². The van der Waals surface area contributed by atoms with Crippen LogP contribution in [0.4, 0.5) is 0 Å². The van der Waals surface area contributed by atoms with Gasteiger partial charge in [-0.1, -0.05) is 74.0 Å². The molecule has 0 saturated heterocycles. The Labute approximate surface area is 121 Å². The van der Waals surface area contributed by atoms with Gasteiger partial charge in [-0.3, -0.25) is 4.79 Å². The number of aryl methyl sites for hydroxylation is 1. The molecule has 0 heterocycles. The molecule has 0 amide bonds. The van der Waals surface area contributed by atoms with Crippen molar-refractivity contribution in [2.45, 2.75) is 26.2 Å². The average molecular weight is 264 g/mol. The standard InChI is InChI=1S/C19H20O/c1-2-3-4-16-5-7-17(8-6-16)9-10-18-11-13-19(15-20)14-12-18/h5-15H,2-4H2,1H3. The van der Waals surface area contributed by atoms with Crippen molar-refractivity contribution in [3.05, 3.63) is 70.8 Å². The maximum atomic E-state index is 10.6. The molecule has 0 atom stereocenters. The molecule has 2 aromatic rings. The number of benzene rings is 2. The summed E-state index contributed by atoms with van der Waals surface area (Å²) in [6, 6.07) is 16.3. The summed E-state index contributed by atoms with van der Waals surface area (Å²) in [4.78, 5) is 10.6. The third-order valence-electron chi connectivity index (χ3n) is 3.34. The zero-order chi connectivity index (χ0) is 14.2. The highest BCUT2D eigenvalue weighted by Crippen LogP contribution is 2.12. The van der Waals surface area contributed by atoms with Gasteiger partial charge in [0.15, 0.2) is 0 Å². The minimum Gasteiger partial charge on any atom is -0.298 e. The van der Waals surface area contributed by atoms with E-state index in [0.717, 1.165) is 18.3 Å². The van der Waals surface area contributed by atoms with Gasteiger partial charge in [0.1, 0.15) is 6.29 Å². The molecule has 0 bridgehead atoms. The summed E-state index contributed by atoms with van der Waals surface area (Å²) in [5, 5.41) is 0. The molecule has 1 nitrogen and oxygen atoms in total. The monoisotopic (exact) mass is 264 g/mol. The van der Waals surface area contributed by atoms with Crippen LogP contribution in [-0.4, -0.2) is 6.29 Å². The minimum atomic E-state index is 0.711. The fourth-order valence-electron chi connectivity index (χ4n) is 2.05. The molecule has 0 aliphatic heterocycles. The summed E-state index contributed by atoms with van der Waals surface area (Å²) in [5.41, 5.74) is 4.41. The Kier molecular flexibility index (Phi) is 5.31. The van der Waals surface area contributed by atoms with Crippen molar-refractivity contribution in [3.63, 3.8) is 0 Å². The molecule has 1 heteroatoms. The van der Waals surface area contributed by atoms with Crippen LogP contribution in [-0.2, 0) is 6.42 Å². The van der Waals surface area contributed by atoms with Crippen LogP contribution in [0.3, 0.4) is 0 Å². The normalized spacial score (nSPS) is 10.8. The number of aldehydes is 1. The summed E-state index contributed by atoms with van der Waals surface area (Å²) in [6.45, 7) is 2.22. The van der Waals surface area contributed by atoms with E-state index in [9.17, 15) is 4.79 Å². The lowest BCUT2D eigenvalue weighted by atomic mass is 10.1. The first-order valence-electron chi connectivity index (χ1n) is 7.14. The predicted octanol–water partition coefficient (Wildman–Crippen LogP) is 5.01. The van der Waals surface area contributed by atoms with Crippen molar-refractivity contribution in [3.8, 4) is 0 Å². The number of rotatable bonds is 6. The van der Waals surface area contributed by atoms with E-state index >= 15 is 0 Å². The number of unbranched alkanes of at least 4 members (excludes halogenated alkanes) is 1. The molecule has 102 valence electrons. The quantitative estimate of drug-likeness (QED) is 0.529. The van der Waals surface area contributed by atoms with Crippen molar-refractivity contribution in [1.82, 2.24) is 0 Å². The van der Waals surface area contributed by atoms with Gasteiger partial charge in [-0.2, -0.15) is 0 Å². The van der Waals surface area contributed by atoms with Gasteiger partial charge in [0.05, 0.1) is 0 Å². The molecule has 0 N–H and O–H groups in total. The van der Waals surface area contributed by atoms with Crippen LogP contribution in [0.2, 0.25) is 0 Å².